The molecule has 10 heteroatoms. The van der Waals surface area contributed by atoms with Crippen LogP contribution in [-0.4, -0.2) is 18.2 Å². The summed E-state index contributed by atoms with van der Waals surface area (Å²) in [4.78, 5) is 0. The molecule has 0 aliphatic heterocycles. The molecule has 0 bridgehead atoms. The Hall–Kier alpha value is -3.32. The van der Waals surface area contributed by atoms with E-state index in [1.807, 2.05) is 0 Å². The first-order valence-corrected chi connectivity index (χ1v) is 8.67. The van der Waals surface area contributed by atoms with Crippen molar-refractivity contribution in [1.82, 2.24) is 9.78 Å². The Morgan fingerprint density at radius 3 is 2.22 bits per heavy atom. The van der Waals surface area contributed by atoms with E-state index in [0.29, 0.717) is 11.3 Å². The minimum absolute atomic E-state index is 0.0865. The molecule has 0 radical (unpaired) electrons. The van der Waals surface area contributed by atoms with Crippen molar-refractivity contribution in [3.63, 3.8) is 0 Å². The number of hydrogen-bond acceptors (Lipinski definition) is 4. The largest absolute Gasteiger partial charge is 0.286 e. The van der Waals surface area contributed by atoms with Crippen molar-refractivity contribution in [3.05, 3.63) is 65.6 Å². The summed E-state index contributed by atoms with van der Waals surface area (Å²) < 4.78 is 64.7. The van der Waals surface area contributed by atoms with Crippen LogP contribution in [0.1, 0.15) is 17.7 Å². The molecule has 138 valence electrons. The van der Waals surface area contributed by atoms with Crippen LogP contribution in [0.2, 0.25) is 0 Å². The average molecular weight is 392 g/mol. The summed E-state index contributed by atoms with van der Waals surface area (Å²) >= 11 is 0. The minimum Gasteiger partial charge on any atom is -0.286 e. The molecule has 1 aromatic heterocycles. The third-order valence-electron chi connectivity index (χ3n) is 3.68. The van der Waals surface area contributed by atoms with E-state index in [1.54, 1.807) is 6.07 Å². The first-order valence-electron chi connectivity index (χ1n) is 7.49. The zero-order valence-corrected chi connectivity index (χ0v) is 14.3. The third-order valence-corrected chi connectivity index (χ3v) is 4.12. The highest BCUT2D eigenvalue weighted by Crippen LogP contribution is 2.33. The molecule has 0 fully saturated rings. The van der Waals surface area contributed by atoms with Crippen molar-refractivity contribution in [2.24, 2.45) is 0 Å². The lowest BCUT2D eigenvalue weighted by Crippen LogP contribution is -2.01. The van der Waals surface area contributed by atoms with Crippen molar-refractivity contribution in [1.29, 1.82) is 5.26 Å². The second-order valence-electron chi connectivity index (χ2n) is 5.36. The van der Waals surface area contributed by atoms with Gasteiger partial charge in [0, 0.05) is 11.3 Å². The Morgan fingerprint density at radius 2 is 1.70 bits per heavy atom. The molecule has 27 heavy (non-hydrogen) atoms. The van der Waals surface area contributed by atoms with Crippen molar-refractivity contribution in [2.45, 2.75) is 6.43 Å². The molecule has 0 unspecified atom stereocenters. The van der Waals surface area contributed by atoms with Gasteiger partial charge in [-0.2, -0.15) is 10.4 Å². The summed E-state index contributed by atoms with van der Waals surface area (Å²) in [5.74, 6) is -0.514. The van der Waals surface area contributed by atoms with E-state index in [9.17, 15) is 26.9 Å². The number of thiol groups is 1. The van der Waals surface area contributed by atoms with Gasteiger partial charge in [-0.25, -0.2) is 26.3 Å². The molecule has 0 atom stereocenters. The fraction of sp³-hybridized carbons (Fsp3) is 0.0588. The Balaban J connectivity index is 2.19. The molecule has 3 aromatic rings. The molecule has 1 N–H and O–H groups in total. The smallest absolute Gasteiger partial charge is 0.283 e. The average Bonchev–Trinajstić information content (AvgIpc) is 3.02. The lowest BCUT2D eigenvalue weighted by atomic mass is 10.1. The van der Waals surface area contributed by atoms with Crippen LogP contribution in [0.25, 0.3) is 16.9 Å². The van der Waals surface area contributed by atoms with Gasteiger partial charge in [0.15, 0.2) is 0 Å². The molecular weight excluding hydrogens is 381 g/mol. The predicted molar refractivity (Wildman–Crippen MR) is 92.6 cm³/mol. The van der Waals surface area contributed by atoms with Crippen molar-refractivity contribution < 1.29 is 21.6 Å². The summed E-state index contributed by atoms with van der Waals surface area (Å²) in [5.41, 5.74) is 0.00745. The van der Waals surface area contributed by atoms with E-state index in [2.05, 4.69) is 9.82 Å². The zero-order valence-electron chi connectivity index (χ0n) is 13.4. The quantitative estimate of drug-likeness (QED) is 0.652. The number of benzene rings is 2. The highest BCUT2D eigenvalue weighted by atomic mass is 32.2. The van der Waals surface area contributed by atoms with Crippen LogP contribution in [0, 0.1) is 17.1 Å². The maximum atomic E-state index is 13.3. The van der Waals surface area contributed by atoms with Gasteiger partial charge in [0.2, 0.25) is 10.9 Å². The molecule has 0 spiro atoms. The van der Waals surface area contributed by atoms with Crippen molar-refractivity contribution in [3.8, 4) is 23.0 Å². The maximum absolute atomic E-state index is 13.3. The minimum atomic E-state index is -2.98. The fourth-order valence-corrected chi connectivity index (χ4v) is 2.90. The number of nitriles is 1. The highest BCUT2D eigenvalue weighted by molar-refractivity contribution is 7.73. The second-order valence-corrected chi connectivity index (χ2v) is 6.09. The van der Waals surface area contributed by atoms with Gasteiger partial charge < -0.3 is 0 Å². The Labute approximate surface area is 153 Å². The number of nitrogens with zero attached hydrogens (tertiary/aromatic N) is 3. The van der Waals surface area contributed by atoms with E-state index < -0.39 is 28.8 Å². The fourth-order valence-electron chi connectivity index (χ4n) is 2.54. The molecule has 0 saturated heterocycles. The van der Waals surface area contributed by atoms with Gasteiger partial charge in [-0.15, -0.1) is 0 Å². The number of nitrogens with one attached hydrogen (secondary N) is 1. The second kappa shape index (κ2) is 7.51. The zero-order chi connectivity index (χ0) is 19.6. The molecule has 0 saturated carbocycles. The van der Waals surface area contributed by atoms with Gasteiger partial charge >= 0.3 is 0 Å². The lowest BCUT2D eigenvalue weighted by Gasteiger charge is -2.09. The number of aromatic nitrogens is 2. The van der Waals surface area contributed by atoms with Gasteiger partial charge in [0.1, 0.15) is 23.1 Å². The van der Waals surface area contributed by atoms with Crippen LogP contribution in [-0.2, 0) is 10.9 Å². The molecular formula is C17H11F3N4O2S. The van der Waals surface area contributed by atoms with E-state index in [0.717, 1.165) is 16.8 Å². The first-order chi connectivity index (χ1) is 12.9. The van der Waals surface area contributed by atoms with Gasteiger partial charge in [-0.05, 0) is 48.5 Å². The summed E-state index contributed by atoms with van der Waals surface area (Å²) in [7, 11) is -2.85. The number of halogens is 3. The van der Waals surface area contributed by atoms with E-state index in [1.165, 1.54) is 36.4 Å². The van der Waals surface area contributed by atoms with E-state index >= 15 is 0 Å². The van der Waals surface area contributed by atoms with Crippen LogP contribution in [0.4, 0.5) is 18.9 Å². The van der Waals surface area contributed by atoms with E-state index in [4.69, 9.17) is 0 Å². The molecule has 6 nitrogen and oxygen atoms in total. The SMILES string of the molecule is N#Cc1c(C(F)F)nn(-c2ccc(N[SH](=O)=O)cc2)c1-c1ccc(F)cc1. The maximum Gasteiger partial charge on any atom is 0.283 e. The van der Waals surface area contributed by atoms with Crippen molar-refractivity contribution >= 4 is 16.6 Å². The summed E-state index contributed by atoms with van der Waals surface area (Å²) in [6.07, 6.45) is -2.98. The standard InChI is InChI=1S/C17H11F3N4O2S/c18-11-3-1-10(2-4-11)16-14(9-21)15(17(19)20)22-24(16)13-7-5-12(6-8-13)23-27(25)26/h1-8,17,27H,(H,23,25,26). The van der Waals surface area contributed by atoms with Crippen LogP contribution in [0.15, 0.2) is 48.5 Å². The van der Waals surface area contributed by atoms with Crippen LogP contribution in [0.3, 0.4) is 0 Å². The summed E-state index contributed by atoms with van der Waals surface area (Å²) in [5, 5.41) is 13.2. The highest BCUT2D eigenvalue weighted by Gasteiger charge is 2.25. The normalized spacial score (nSPS) is 11.0. The topological polar surface area (TPSA) is 87.8 Å². The number of anilines is 1. The molecule has 2 aromatic carbocycles. The van der Waals surface area contributed by atoms with Gasteiger partial charge in [-0.3, -0.25) is 4.72 Å². The number of rotatable bonds is 5. The van der Waals surface area contributed by atoms with Crippen LogP contribution in [0.5, 0.6) is 0 Å². The third kappa shape index (κ3) is 3.78. The Kier molecular flexibility index (Phi) is 5.14. The summed E-state index contributed by atoms with van der Waals surface area (Å²) in [6.45, 7) is 0. The Morgan fingerprint density at radius 1 is 1.07 bits per heavy atom. The predicted octanol–water partition coefficient (Wildman–Crippen LogP) is 3.43. The Bertz CT molecular complexity index is 1080. The molecule has 0 aliphatic carbocycles. The van der Waals surface area contributed by atoms with Crippen LogP contribution < -0.4 is 4.72 Å². The lowest BCUT2D eigenvalue weighted by molar-refractivity contribution is 0.145. The van der Waals surface area contributed by atoms with E-state index in [-0.39, 0.29) is 16.9 Å². The van der Waals surface area contributed by atoms with Crippen molar-refractivity contribution in [2.75, 3.05) is 4.72 Å². The molecule has 0 aliphatic rings. The first kappa shape index (κ1) is 18.5. The monoisotopic (exact) mass is 392 g/mol. The van der Waals surface area contributed by atoms with Crippen LogP contribution >= 0.6 is 0 Å². The molecule has 0 amide bonds. The molecule has 1 heterocycles. The summed E-state index contributed by atoms with van der Waals surface area (Å²) in [6, 6.07) is 12.5. The van der Waals surface area contributed by atoms with Gasteiger partial charge in [0.05, 0.1) is 11.4 Å². The number of hydrogen-bond donors (Lipinski definition) is 2. The van der Waals surface area contributed by atoms with Gasteiger partial charge in [0.25, 0.3) is 6.43 Å². The van der Waals surface area contributed by atoms with Gasteiger partial charge in [-0.1, -0.05) is 0 Å². The molecule has 3 rings (SSSR count). The number of alkyl halides is 2.